The molecule has 2 aliphatic rings. The zero-order chi connectivity index (χ0) is 18.6. The minimum absolute atomic E-state index is 0.285. The first-order valence-corrected chi connectivity index (χ1v) is 10.2. The highest BCUT2D eigenvalue weighted by atomic mass is 32.1. The number of nitrogens with two attached hydrogens (primary N) is 1. The Balaban J connectivity index is 1.61. The third-order valence-electron chi connectivity index (χ3n) is 6.19. The van der Waals surface area contributed by atoms with Gasteiger partial charge in [-0.05, 0) is 37.0 Å². The zero-order valence-corrected chi connectivity index (χ0v) is 16.4. The van der Waals surface area contributed by atoms with Gasteiger partial charge in [-0.2, -0.15) is 0 Å². The van der Waals surface area contributed by atoms with Crippen molar-refractivity contribution in [3.63, 3.8) is 0 Å². The van der Waals surface area contributed by atoms with Crippen LogP contribution in [0.4, 0.5) is 0 Å². The molecule has 1 aromatic carbocycles. The molecule has 1 saturated carbocycles. The summed E-state index contributed by atoms with van der Waals surface area (Å²) in [6.07, 6.45) is 3.88. The average molecular weight is 371 g/mol. The van der Waals surface area contributed by atoms with Crippen LogP contribution >= 0.6 is 11.3 Å². The number of rotatable bonds is 3. The van der Waals surface area contributed by atoms with Gasteiger partial charge >= 0.3 is 0 Å². The van der Waals surface area contributed by atoms with E-state index >= 15 is 0 Å². The Hall–Kier alpha value is -1.72. The Bertz CT molecular complexity index is 816. The van der Waals surface area contributed by atoms with Crippen LogP contribution in [0.2, 0.25) is 0 Å². The van der Waals surface area contributed by atoms with Crippen LogP contribution in [0.1, 0.15) is 51.5 Å². The second kappa shape index (κ2) is 5.89. The molecule has 2 N–H and O–H groups in total. The number of hydrogen-bond acceptors (Lipinski definition) is 4. The lowest BCUT2D eigenvalue weighted by atomic mass is 9.67. The summed E-state index contributed by atoms with van der Waals surface area (Å²) in [6, 6.07) is 10.00. The lowest BCUT2D eigenvalue weighted by Crippen LogP contribution is -2.40. The predicted octanol–water partition coefficient (Wildman–Crippen LogP) is 4.50. The highest BCUT2D eigenvalue weighted by Crippen LogP contribution is 2.64. The molecule has 1 amide bonds. The van der Waals surface area contributed by atoms with Crippen molar-refractivity contribution in [3.05, 3.63) is 40.7 Å². The first-order valence-electron chi connectivity index (χ1n) is 9.30. The summed E-state index contributed by atoms with van der Waals surface area (Å²) in [5.74, 6) is 0.250. The maximum atomic E-state index is 12.4. The van der Waals surface area contributed by atoms with Crippen LogP contribution in [0.5, 0.6) is 0 Å². The first kappa shape index (κ1) is 17.7. The topological polar surface area (TPSA) is 68.5 Å². The second-order valence-corrected chi connectivity index (χ2v) is 9.54. The number of benzene rings is 1. The summed E-state index contributed by atoms with van der Waals surface area (Å²) in [6.45, 7) is 6.87. The number of thiazole rings is 1. The molecule has 26 heavy (non-hydrogen) atoms. The fraction of sp³-hybridized carbons (Fsp3) is 0.524. The third-order valence-corrected chi connectivity index (χ3v) is 7.13. The number of ether oxygens (including phenoxy) is 1. The van der Waals surface area contributed by atoms with E-state index in [-0.39, 0.29) is 5.41 Å². The van der Waals surface area contributed by atoms with Crippen molar-refractivity contribution in [2.45, 2.75) is 57.7 Å². The van der Waals surface area contributed by atoms with Crippen molar-refractivity contribution >= 4 is 17.2 Å². The molecule has 0 radical (unpaired) electrons. The van der Waals surface area contributed by atoms with Crippen LogP contribution in [0.15, 0.2) is 35.7 Å². The van der Waals surface area contributed by atoms with E-state index in [1.54, 1.807) is 0 Å². The van der Waals surface area contributed by atoms with Gasteiger partial charge in [0.25, 0.3) is 5.91 Å². The van der Waals surface area contributed by atoms with Gasteiger partial charge in [-0.15, -0.1) is 11.3 Å². The van der Waals surface area contributed by atoms with E-state index in [1.165, 1.54) is 11.3 Å². The minimum Gasteiger partial charge on any atom is -0.367 e. The van der Waals surface area contributed by atoms with Crippen molar-refractivity contribution in [1.29, 1.82) is 0 Å². The zero-order valence-electron chi connectivity index (χ0n) is 15.6. The van der Waals surface area contributed by atoms with E-state index in [2.05, 4.69) is 20.8 Å². The molecule has 2 heterocycles. The molecule has 4 nitrogen and oxygen atoms in total. The Kier molecular flexibility index (Phi) is 4.01. The van der Waals surface area contributed by atoms with Crippen molar-refractivity contribution in [3.8, 4) is 11.3 Å². The lowest BCUT2D eigenvalue weighted by Gasteiger charge is -2.36. The summed E-state index contributed by atoms with van der Waals surface area (Å²) in [5, 5.41) is 2.70. The Morgan fingerprint density at radius 1 is 1.23 bits per heavy atom. The Morgan fingerprint density at radius 3 is 2.46 bits per heavy atom. The molecule has 1 atom stereocenters. The second-order valence-electron chi connectivity index (χ2n) is 8.69. The van der Waals surface area contributed by atoms with Crippen LogP contribution in [0.25, 0.3) is 11.3 Å². The molecule has 2 aromatic rings. The van der Waals surface area contributed by atoms with E-state index in [9.17, 15) is 4.79 Å². The average Bonchev–Trinajstić information content (AvgIpc) is 3.01. The minimum atomic E-state index is -1.03. The monoisotopic (exact) mass is 370 g/mol. The molecule has 138 valence electrons. The number of carbonyl (C=O) groups excluding carboxylic acids is 1. The van der Waals surface area contributed by atoms with Gasteiger partial charge in [-0.3, -0.25) is 4.79 Å². The van der Waals surface area contributed by atoms with Crippen LogP contribution < -0.4 is 5.73 Å². The number of aromatic nitrogens is 1. The van der Waals surface area contributed by atoms with Gasteiger partial charge < -0.3 is 10.5 Å². The maximum absolute atomic E-state index is 12.4. The molecule has 1 aliphatic carbocycles. The normalized spacial score (nSPS) is 31.1. The maximum Gasteiger partial charge on any atom is 0.259 e. The fourth-order valence-electron chi connectivity index (χ4n) is 4.47. The molecule has 1 spiro atoms. The first-order chi connectivity index (χ1) is 12.3. The van der Waals surface area contributed by atoms with Crippen molar-refractivity contribution < 1.29 is 9.53 Å². The summed E-state index contributed by atoms with van der Waals surface area (Å²) in [7, 11) is 0. The molecule has 0 bridgehead atoms. The SMILES string of the molecule is CC(C)(C)C1CCC2(CC1)O[C@]2(C(N)=O)c1nc(-c2ccccc2)cs1. The summed E-state index contributed by atoms with van der Waals surface area (Å²) < 4.78 is 6.16. The molecule has 5 heteroatoms. The largest absolute Gasteiger partial charge is 0.367 e. The van der Waals surface area contributed by atoms with Gasteiger partial charge in [0.05, 0.1) is 5.69 Å². The van der Waals surface area contributed by atoms with Gasteiger partial charge in [0, 0.05) is 10.9 Å². The molecule has 1 saturated heterocycles. The fourth-order valence-corrected chi connectivity index (χ4v) is 5.52. The highest BCUT2D eigenvalue weighted by Gasteiger charge is 2.76. The number of epoxide rings is 1. The Labute approximate surface area is 158 Å². The molecule has 1 aromatic heterocycles. The van der Waals surface area contributed by atoms with Crippen molar-refractivity contribution in [2.75, 3.05) is 0 Å². The molecule has 2 fully saturated rings. The van der Waals surface area contributed by atoms with Crippen LogP contribution in [0, 0.1) is 11.3 Å². The molecular weight excluding hydrogens is 344 g/mol. The number of hydrogen-bond donors (Lipinski definition) is 1. The van der Waals surface area contributed by atoms with Crippen molar-refractivity contribution in [2.24, 2.45) is 17.1 Å². The molecule has 4 rings (SSSR count). The standard InChI is InChI=1S/C21H26N2O2S/c1-19(2,3)15-9-11-20(12-10-15)21(25-20,17(22)24)18-23-16(13-26-18)14-7-5-4-6-8-14/h4-8,13,15H,9-12H2,1-3H3,(H2,22,24)/t15?,20?,21-/m1/s1. The third kappa shape index (κ3) is 2.60. The quantitative estimate of drug-likeness (QED) is 0.809. The lowest BCUT2D eigenvalue weighted by molar-refractivity contribution is -0.123. The van der Waals surface area contributed by atoms with E-state index < -0.39 is 17.1 Å². The van der Waals surface area contributed by atoms with E-state index in [0.717, 1.165) is 36.9 Å². The van der Waals surface area contributed by atoms with Crippen molar-refractivity contribution in [1.82, 2.24) is 4.98 Å². The van der Waals surface area contributed by atoms with Crippen LogP contribution in [0.3, 0.4) is 0 Å². The summed E-state index contributed by atoms with van der Waals surface area (Å²) >= 11 is 1.48. The van der Waals surface area contributed by atoms with E-state index in [0.29, 0.717) is 10.9 Å². The summed E-state index contributed by atoms with van der Waals surface area (Å²) in [5.41, 5.74) is 6.56. The number of carbonyl (C=O) groups is 1. The van der Waals surface area contributed by atoms with E-state index in [4.69, 9.17) is 15.5 Å². The van der Waals surface area contributed by atoms with Crippen LogP contribution in [-0.2, 0) is 15.1 Å². The van der Waals surface area contributed by atoms with Gasteiger partial charge in [0.2, 0.25) is 5.60 Å². The summed E-state index contributed by atoms with van der Waals surface area (Å²) in [4.78, 5) is 17.2. The smallest absolute Gasteiger partial charge is 0.259 e. The highest BCUT2D eigenvalue weighted by molar-refractivity contribution is 7.10. The number of amides is 1. The van der Waals surface area contributed by atoms with Gasteiger partial charge in [-0.25, -0.2) is 4.98 Å². The van der Waals surface area contributed by atoms with Crippen LogP contribution in [-0.4, -0.2) is 16.5 Å². The van der Waals surface area contributed by atoms with E-state index in [1.807, 2.05) is 35.7 Å². The molecule has 0 unspecified atom stereocenters. The van der Waals surface area contributed by atoms with Gasteiger partial charge in [-0.1, -0.05) is 51.1 Å². The number of nitrogens with zero attached hydrogens (tertiary/aromatic N) is 1. The Morgan fingerprint density at radius 2 is 1.88 bits per heavy atom. The number of primary amides is 1. The predicted molar refractivity (Wildman–Crippen MR) is 104 cm³/mol. The van der Waals surface area contributed by atoms with Gasteiger partial charge in [0.1, 0.15) is 10.6 Å². The molecule has 1 aliphatic heterocycles. The van der Waals surface area contributed by atoms with Gasteiger partial charge in [0.15, 0.2) is 0 Å². The molecular formula is C21H26N2O2S.